The fraction of sp³-hybridized carbons (Fsp3) is 0.538. The molecule has 2 aliphatic rings. The molecule has 0 saturated carbocycles. The summed E-state index contributed by atoms with van der Waals surface area (Å²) >= 11 is 0.696. The molecule has 1 aromatic heterocycles. The highest BCUT2D eigenvalue weighted by molar-refractivity contribution is 7.94. The molecular weight excluding hydrogens is 374 g/mol. The number of nitrogens with two attached hydrogens (primary N) is 1. The average Bonchev–Trinajstić information content (AvgIpc) is 2.93. The Morgan fingerprint density at radius 2 is 2.00 bits per heavy atom. The molecule has 0 amide bonds. The molecule has 0 aliphatic carbocycles. The Hall–Kier alpha value is -0.980. The second-order valence-electron chi connectivity index (χ2n) is 5.55. The van der Waals surface area contributed by atoms with E-state index in [4.69, 9.17) is 9.88 Å². The molecule has 0 spiro atoms. The van der Waals surface area contributed by atoms with Crippen LogP contribution in [0.15, 0.2) is 20.2 Å². The lowest BCUT2D eigenvalue weighted by Gasteiger charge is -2.33. The zero-order chi connectivity index (χ0) is 17.5. The molecule has 0 aromatic carbocycles. The molecule has 8 nitrogen and oxygen atoms in total. The molecule has 1 aromatic rings. The van der Waals surface area contributed by atoms with Gasteiger partial charge in [-0.1, -0.05) is 0 Å². The first-order valence-electron chi connectivity index (χ1n) is 7.43. The van der Waals surface area contributed by atoms with Gasteiger partial charge in [0.1, 0.15) is 8.42 Å². The Morgan fingerprint density at radius 3 is 2.58 bits per heavy atom. The van der Waals surface area contributed by atoms with Crippen LogP contribution in [0.2, 0.25) is 0 Å². The quantitative estimate of drug-likeness (QED) is 0.776. The highest BCUT2D eigenvalue weighted by Crippen LogP contribution is 2.38. The average molecular weight is 394 g/mol. The predicted octanol–water partition coefficient (Wildman–Crippen LogP) is 0.0928. The fourth-order valence-corrected chi connectivity index (χ4v) is 6.90. The number of rotatable bonds is 4. The lowest BCUT2D eigenvalue weighted by Crippen LogP contribution is -2.42. The number of nitrogens with zero attached hydrogens (tertiary/aromatic N) is 2. The SMILES string of the molecule is CCN1C(CN2CCOCC2)=Cc2cc(S(N)(=O)=O)sc2S1(=O)=O. The van der Waals surface area contributed by atoms with Crippen molar-refractivity contribution in [3.8, 4) is 0 Å². The number of ether oxygens (including phenoxy) is 1. The lowest BCUT2D eigenvalue weighted by molar-refractivity contribution is 0.0407. The van der Waals surface area contributed by atoms with Crippen molar-refractivity contribution >= 4 is 37.5 Å². The molecular formula is C13H19N3O5S3. The normalized spacial score (nSPS) is 21.4. The van der Waals surface area contributed by atoms with Crippen molar-refractivity contribution in [2.75, 3.05) is 39.4 Å². The first-order valence-corrected chi connectivity index (χ1v) is 11.2. The van der Waals surface area contributed by atoms with Crippen molar-refractivity contribution in [3.05, 3.63) is 17.3 Å². The minimum absolute atomic E-state index is 0.0269. The van der Waals surface area contributed by atoms with Crippen LogP contribution in [0.5, 0.6) is 0 Å². The summed E-state index contributed by atoms with van der Waals surface area (Å²) in [5.74, 6) is 0. The van der Waals surface area contributed by atoms with E-state index < -0.39 is 20.0 Å². The van der Waals surface area contributed by atoms with Gasteiger partial charge in [-0.2, -0.15) is 0 Å². The van der Waals surface area contributed by atoms with Gasteiger partial charge in [0.05, 0.1) is 13.2 Å². The smallest absolute Gasteiger partial charge is 0.274 e. The fourth-order valence-electron chi connectivity index (χ4n) is 2.80. The summed E-state index contributed by atoms with van der Waals surface area (Å²) in [4.78, 5) is 2.12. The van der Waals surface area contributed by atoms with Crippen molar-refractivity contribution in [2.45, 2.75) is 15.3 Å². The molecule has 3 heterocycles. The highest BCUT2D eigenvalue weighted by Gasteiger charge is 2.35. The van der Waals surface area contributed by atoms with Gasteiger partial charge in [0, 0.05) is 37.4 Å². The van der Waals surface area contributed by atoms with E-state index in [-0.39, 0.29) is 15.0 Å². The number of hydrogen-bond donors (Lipinski definition) is 1. The molecule has 2 N–H and O–H groups in total. The van der Waals surface area contributed by atoms with Crippen molar-refractivity contribution in [1.29, 1.82) is 0 Å². The first-order chi connectivity index (χ1) is 11.2. The summed E-state index contributed by atoms with van der Waals surface area (Å²) in [6.45, 7) is 5.19. The molecule has 1 fully saturated rings. The second-order valence-corrected chi connectivity index (χ2v) is 10.4. The van der Waals surface area contributed by atoms with Crippen molar-refractivity contribution in [1.82, 2.24) is 9.21 Å². The molecule has 24 heavy (non-hydrogen) atoms. The summed E-state index contributed by atoms with van der Waals surface area (Å²) < 4.78 is 55.3. The van der Waals surface area contributed by atoms with Gasteiger partial charge in [-0.3, -0.25) is 9.21 Å². The zero-order valence-electron chi connectivity index (χ0n) is 13.1. The number of primary sulfonamides is 1. The maximum atomic E-state index is 12.8. The van der Waals surface area contributed by atoms with Crippen LogP contribution in [-0.4, -0.2) is 65.4 Å². The van der Waals surface area contributed by atoms with E-state index in [0.29, 0.717) is 42.4 Å². The third-order valence-corrected chi connectivity index (χ3v) is 8.95. The molecule has 0 bridgehead atoms. The van der Waals surface area contributed by atoms with Gasteiger partial charge in [-0.25, -0.2) is 22.0 Å². The lowest BCUT2D eigenvalue weighted by atomic mass is 10.2. The van der Waals surface area contributed by atoms with E-state index >= 15 is 0 Å². The van der Waals surface area contributed by atoms with E-state index in [1.807, 2.05) is 0 Å². The minimum atomic E-state index is -3.94. The number of hydrogen-bond acceptors (Lipinski definition) is 7. The predicted molar refractivity (Wildman–Crippen MR) is 90.5 cm³/mol. The number of likely N-dealkylation sites (N-methyl/N-ethyl adjacent to an activating group) is 1. The van der Waals surface area contributed by atoms with Crippen LogP contribution in [0.3, 0.4) is 0 Å². The molecule has 2 aliphatic heterocycles. The van der Waals surface area contributed by atoms with E-state index in [9.17, 15) is 16.8 Å². The number of morpholine rings is 1. The number of sulfonamides is 2. The van der Waals surface area contributed by atoms with Crippen LogP contribution in [0, 0.1) is 0 Å². The van der Waals surface area contributed by atoms with Gasteiger partial charge in [0.2, 0.25) is 10.0 Å². The number of thiophene rings is 1. The topological polar surface area (TPSA) is 110 Å². The molecule has 0 unspecified atom stereocenters. The summed E-state index contributed by atoms with van der Waals surface area (Å²) in [5, 5.41) is 5.14. The Labute approximate surface area is 145 Å². The summed E-state index contributed by atoms with van der Waals surface area (Å²) in [6.07, 6.45) is 1.74. The van der Waals surface area contributed by atoms with Gasteiger partial charge in [-0.05, 0) is 19.1 Å². The summed E-state index contributed by atoms with van der Waals surface area (Å²) in [6, 6.07) is 1.33. The van der Waals surface area contributed by atoms with E-state index in [2.05, 4.69) is 4.90 Å². The molecule has 0 radical (unpaired) electrons. The summed E-state index contributed by atoms with van der Waals surface area (Å²) in [5.41, 5.74) is 1.02. The van der Waals surface area contributed by atoms with Crippen molar-refractivity contribution in [3.63, 3.8) is 0 Å². The van der Waals surface area contributed by atoms with Gasteiger partial charge >= 0.3 is 0 Å². The van der Waals surface area contributed by atoms with E-state index in [1.165, 1.54) is 10.4 Å². The molecule has 1 saturated heterocycles. The zero-order valence-corrected chi connectivity index (χ0v) is 15.6. The van der Waals surface area contributed by atoms with E-state index in [1.54, 1.807) is 13.0 Å². The van der Waals surface area contributed by atoms with E-state index in [0.717, 1.165) is 13.1 Å². The largest absolute Gasteiger partial charge is 0.379 e. The van der Waals surface area contributed by atoms with Crippen molar-refractivity contribution < 1.29 is 21.6 Å². The first kappa shape index (κ1) is 17.8. The third kappa shape index (κ3) is 3.24. The Bertz CT molecular complexity index is 867. The highest BCUT2D eigenvalue weighted by atomic mass is 32.3. The van der Waals surface area contributed by atoms with Crippen LogP contribution >= 0.6 is 11.3 Å². The second kappa shape index (κ2) is 6.39. The van der Waals surface area contributed by atoms with Gasteiger partial charge in [0.25, 0.3) is 10.0 Å². The Balaban J connectivity index is 2.03. The van der Waals surface area contributed by atoms with Crippen LogP contribution in [0.4, 0.5) is 0 Å². The molecule has 3 rings (SSSR count). The number of fused-ring (bicyclic) bond motifs is 1. The van der Waals surface area contributed by atoms with Gasteiger partial charge in [-0.15, -0.1) is 11.3 Å². The van der Waals surface area contributed by atoms with Crippen molar-refractivity contribution in [2.24, 2.45) is 5.14 Å². The van der Waals surface area contributed by atoms with Crippen LogP contribution in [0.1, 0.15) is 12.5 Å². The van der Waals surface area contributed by atoms with Gasteiger partial charge < -0.3 is 4.74 Å². The van der Waals surface area contributed by atoms with Gasteiger partial charge in [0.15, 0.2) is 0 Å². The molecule has 11 heteroatoms. The summed E-state index contributed by atoms with van der Waals surface area (Å²) in [7, 11) is -7.70. The minimum Gasteiger partial charge on any atom is -0.379 e. The monoisotopic (exact) mass is 393 g/mol. The Kier molecular flexibility index (Phi) is 4.75. The van der Waals surface area contributed by atoms with Crippen LogP contribution in [-0.2, 0) is 24.8 Å². The molecule has 134 valence electrons. The molecule has 0 atom stereocenters. The van der Waals surface area contributed by atoms with Crippen LogP contribution < -0.4 is 5.14 Å². The third-order valence-electron chi connectivity index (χ3n) is 3.93. The maximum absolute atomic E-state index is 12.8. The van der Waals surface area contributed by atoms with Crippen LogP contribution in [0.25, 0.3) is 6.08 Å². The maximum Gasteiger partial charge on any atom is 0.274 e. The Morgan fingerprint density at radius 1 is 1.33 bits per heavy atom. The standard InChI is InChI=1S/C13H19N3O5S3/c1-2-16-11(9-15-3-5-21-6-4-15)7-10-8-12(23(14,17)18)22-13(10)24(16,19)20/h7-8H,2-6,9H2,1H3,(H2,14,17,18).